The topological polar surface area (TPSA) is 81.7 Å². The summed E-state index contributed by atoms with van der Waals surface area (Å²) >= 11 is 0. The van der Waals surface area contributed by atoms with E-state index in [9.17, 15) is 14.4 Å². The monoisotopic (exact) mass is 307 g/mol. The Labute approximate surface area is 129 Å². The van der Waals surface area contributed by atoms with E-state index in [1.807, 2.05) is 6.07 Å². The molecular formula is C16H21NO5. The van der Waals surface area contributed by atoms with Crippen molar-refractivity contribution in [2.45, 2.75) is 31.9 Å². The standard InChI is InChI=1S/C16H21NO5/c1-11(18)9-10-13(16(20)22-3)17-15(19)14(21-2)12-7-5-4-6-8-12/h4-8,13-14H,9-10H2,1-3H3,(H,17,19)/t13-,14+/m1/s1. The maximum absolute atomic E-state index is 12.3. The Balaban J connectivity index is 2.79. The molecule has 22 heavy (non-hydrogen) atoms. The number of hydrogen-bond acceptors (Lipinski definition) is 5. The van der Waals surface area contributed by atoms with Gasteiger partial charge in [-0.15, -0.1) is 0 Å². The van der Waals surface area contributed by atoms with Crippen molar-refractivity contribution in [1.82, 2.24) is 5.32 Å². The van der Waals surface area contributed by atoms with Crippen LogP contribution < -0.4 is 5.32 Å². The number of hydrogen-bond donors (Lipinski definition) is 1. The van der Waals surface area contributed by atoms with Gasteiger partial charge in [0.05, 0.1) is 7.11 Å². The lowest BCUT2D eigenvalue weighted by Gasteiger charge is -2.20. The smallest absolute Gasteiger partial charge is 0.328 e. The highest BCUT2D eigenvalue weighted by Gasteiger charge is 2.27. The summed E-state index contributed by atoms with van der Waals surface area (Å²) in [6.45, 7) is 1.43. The number of Topliss-reactive ketones (excluding diaryl/α,β-unsaturated/α-hetero) is 1. The fraction of sp³-hybridized carbons (Fsp3) is 0.438. The van der Waals surface area contributed by atoms with E-state index in [-0.39, 0.29) is 18.6 Å². The molecule has 0 saturated carbocycles. The lowest BCUT2D eigenvalue weighted by molar-refractivity contribution is -0.147. The lowest BCUT2D eigenvalue weighted by atomic mass is 10.1. The van der Waals surface area contributed by atoms with Crippen LogP contribution in [-0.2, 0) is 23.9 Å². The van der Waals surface area contributed by atoms with E-state index < -0.39 is 24.0 Å². The Morgan fingerprint density at radius 3 is 2.27 bits per heavy atom. The van der Waals surface area contributed by atoms with Gasteiger partial charge in [0.15, 0.2) is 6.10 Å². The van der Waals surface area contributed by atoms with Crippen molar-refractivity contribution in [3.05, 3.63) is 35.9 Å². The maximum atomic E-state index is 12.3. The van der Waals surface area contributed by atoms with Crippen molar-refractivity contribution < 1.29 is 23.9 Å². The van der Waals surface area contributed by atoms with Gasteiger partial charge in [-0.05, 0) is 18.9 Å². The Hall–Kier alpha value is -2.21. The summed E-state index contributed by atoms with van der Waals surface area (Å²) < 4.78 is 9.87. The van der Waals surface area contributed by atoms with E-state index in [0.717, 1.165) is 0 Å². The average Bonchev–Trinajstić information content (AvgIpc) is 2.52. The molecular weight excluding hydrogens is 286 g/mol. The van der Waals surface area contributed by atoms with Crippen molar-refractivity contribution in [2.24, 2.45) is 0 Å². The molecule has 1 aromatic carbocycles. The molecule has 0 aromatic heterocycles. The highest BCUT2D eigenvalue weighted by atomic mass is 16.5. The van der Waals surface area contributed by atoms with Gasteiger partial charge >= 0.3 is 5.97 Å². The Morgan fingerprint density at radius 1 is 1.14 bits per heavy atom. The van der Waals surface area contributed by atoms with Crippen LogP contribution in [0, 0.1) is 0 Å². The van der Waals surface area contributed by atoms with Crippen LogP contribution in [0.4, 0.5) is 0 Å². The van der Waals surface area contributed by atoms with Gasteiger partial charge in [0.25, 0.3) is 5.91 Å². The van der Waals surface area contributed by atoms with E-state index in [2.05, 4.69) is 10.1 Å². The summed E-state index contributed by atoms with van der Waals surface area (Å²) in [5.74, 6) is -1.10. The first-order valence-electron chi connectivity index (χ1n) is 6.95. The molecule has 1 aromatic rings. The highest BCUT2D eigenvalue weighted by Crippen LogP contribution is 2.17. The zero-order chi connectivity index (χ0) is 16.5. The van der Waals surface area contributed by atoms with Crippen LogP contribution in [0.5, 0.6) is 0 Å². The number of methoxy groups -OCH3 is 2. The first-order valence-corrected chi connectivity index (χ1v) is 6.95. The summed E-state index contributed by atoms with van der Waals surface area (Å²) in [6, 6.07) is 8.07. The molecule has 0 aliphatic heterocycles. The summed E-state index contributed by atoms with van der Waals surface area (Å²) in [5.41, 5.74) is 0.678. The minimum absolute atomic E-state index is 0.0606. The molecule has 0 radical (unpaired) electrons. The molecule has 1 N–H and O–H groups in total. The van der Waals surface area contributed by atoms with Gasteiger partial charge in [-0.3, -0.25) is 4.79 Å². The Kier molecular flexibility index (Phi) is 7.25. The van der Waals surface area contributed by atoms with Crippen LogP contribution in [0.1, 0.15) is 31.4 Å². The van der Waals surface area contributed by atoms with E-state index >= 15 is 0 Å². The number of carbonyl (C=O) groups excluding carboxylic acids is 3. The van der Waals surface area contributed by atoms with E-state index in [0.29, 0.717) is 5.56 Å². The van der Waals surface area contributed by atoms with Crippen molar-refractivity contribution in [1.29, 1.82) is 0 Å². The minimum atomic E-state index is -0.872. The fourth-order valence-electron chi connectivity index (χ4n) is 2.01. The molecule has 0 aliphatic carbocycles. The van der Waals surface area contributed by atoms with E-state index in [4.69, 9.17) is 4.74 Å². The van der Waals surface area contributed by atoms with Gasteiger partial charge in [0.2, 0.25) is 0 Å². The molecule has 2 atom stereocenters. The van der Waals surface area contributed by atoms with Crippen LogP contribution in [-0.4, -0.2) is 37.9 Å². The second kappa shape index (κ2) is 8.94. The van der Waals surface area contributed by atoms with Gasteiger partial charge in [0.1, 0.15) is 11.8 Å². The predicted molar refractivity (Wildman–Crippen MR) is 80.1 cm³/mol. The number of rotatable bonds is 8. The number of amides is 1. The average molecular weight is 307 g/mol. The third-order valence-electron chi connectivity index (χ3n) is 3.16. The maximum Gasteiger partial charge on any atom is 0.328 e. The largest absolute Gasteiger partial charge is 0.467 e. The molecule has 0 heterocycles. The van der Waals surface area contributed by atoms with Gasteiger partial charge < -0.3 is 19.6 Å². The second-order valence-corrected chi connectivity index (χ2v) is 4.85. The summed E-state index contributed by atoms with van der Waals surface area (Å²) in [7, 11) is 2.65. The van der Waals surface area contributed by atoms with Crippen LogP contribution in [0.3, 0.4) is 0 Å². The first-order chi connectivity index (χ1) is 10.5. The molecule has 120 valence electrons. The predicted octanol–water partition coefficient (Wildman–Crippen LogP) is 1.40. The summed E-state index contributed by atoms with van der Waals surface area (Å²) in [5, 5.41) is 2.58. The molecule has 0 unspecified atom stereocenters. The van der Waals surface area contributed by atoms with Crippen LogP contribution in [0.25, 0.3) is 0 Å². The molecule has 6 nitrogen and oxygen atoms in total. The molecule has 0 fully saturated rings. The van der Waals surface area contributed by atoms with Crippen LogP contribution in [0.15, 0.2) is 30.3 Å². The van der Waals surface area contributed by atoms with Crippen molar-refractivity contribution >= 4 is 17.7 Å². The second-order valence-electron chi connectivity index (χ2n) is 4.85. The van der Waals surface area contributed by atoms with Crippen LogP contribution >= 0.6 is 0 Å². The Morgan fingerprint density at radius 2 is 1.77 bits per heavy atom. The molecule has 0 bridgehead atoms. The molecule has 0 saturated heterocycles. The lowest BCUT2D eigenvalue weighted by Crippen LogP contribution is -2.44. The first kappa shape index (κ1) is 17.8. The Bertz CT molecular complexity index is 515. The van der Waals surface area contributed by atoms with Crippen molar-refractivity contribution in [2.75, 3.05) is 14.2 Å². The van der Waals surface area contributed by atoms with Gasteiger partial charge in [0, 0.05) is 13.5 Å². The van der Waals surface area contributed by atoms with E-state index in [1.54, 1.807) is 24.3 Å². The summed E-state index contributed by atoms with van der Waals surface area (Å²) in [4.78, 5) is 35.1. The van der Waals surface area contributed by atoms with Gasteiger partial charge in [-0.2, -0.15) is 0 Å². The molecule has 0 spiro atoms. The number of esters is 1. The van der Waals surface area contributed by atoms with Gasteiger partial charge in [-0.25, -0.2) is 4.79 Å². The molecule has 1 rings (SSSR count). The molecule has 1 amide bonds. The summed E-state index contributed by atoms with van der Waals surface area (Å²) in [6.07, 6.45) is -0.451. The number of benzene rings is 1. The minimum Gasteiger partial charge on any atom is -0.467 e. The number of nitrogens with one attached hydrogen (secondary N) is 1. The number of carbonyl (C=O) groups is 3. The third-order valence-corrected chi connectivity index (χ3v) is 3.16. The van der Waals surface area contributed by atoms with Gasteiger partial charge in [-0.1, -0.05) is 30.3 Å². The molecule has 6 heteroatoms. The fourth-order valence-corrected chi connectivity index (χ4v) is 2.01. The highest BCUT2D eigenvalue weighted by molar-refractivity contribution is 5.88. The molecule has 0 aliphatic rings. The van der Waals surface area contributed by atoms with E-state index in [1.165, 1.54) is 21.1 Å². The van der Waals surface area contributed by atoms with Crippen LogP contribution in [0.2, 0.25) is 0 Å². The quantitative estimate of drug-likeness (QED) is 0.734. The van der Waals surface area contributed by atoms with Crippen molar-refractivity contribution in [3.63, 3.8) is 0 Å². The number of ether oxygens (including phenoxy) is 2. The van der Waals surface area contributed by atoms with Crippen molar-refractivity contribution in [3.8, 4) is 0 Å². The zero-order valence-corrected chi connectivity index (χ0v) is 13.0. The normalized spacial score (nSPS) is 13.0. The number of ketones is 1. The third kappa shape index (κ3) is 5.29. The SMILES string of the molecule is COC(=O)[C@@H](CCC(C)=O)NC(=O)[C@@H](OC)c1ccccc1. The zero-order valence-electron chi connectivity index (χ0n) is 13.0.